The predicted octanol–water partition coefficient (Wildman–Crippen LogP) is 4.54. The molecule has 0 radical (unpaired) electrons. The summed E-state index contributed by atoms with van der Waals surface area (Å²) in [5.41, 5.74) is 0.928. The number of nitrogens with one attached hydrogen (secondary N) is 1. The Hall–Kier alpha value is -3.00. The van der Waals surface area contributed by atoms with Crippen molar-refractivity contribution >= 4 is 12.0 Å². The molecule has 1 aliphatic heterocycles. The van der Waals surface area contributed by atoms with Crippen LogP contribution in [0.15, 0.2) is 42.5 Å². The second-order valence-electron chi connectivity index (χ2n) is 10.4. The first-order chi connectivity index (χ1) is 16.5. The molecule has 8 heteroatoms. The maximum Gasteiger partial charge on any atom is 0.410 e. The van der Waals surface area contributed by atoms with Gasteiger partial charge in [0.05, 0.1) is 6.04 Å². The van der Waals surface area contributed by atoms with Crippen molar-refractivity contribution in [2.75, 3.05) is 26.2 Å². The van der Waals surface area contributed by atoms with Gasteiger partial charge in [0.25, 0.3) is 0 Å². The van der Waals surface area contributed by atoms with E-state index in [9.17, 15) is 18.4 Å². The molecule has 1 saturated heterocycles. The van der Waals surface area contributed by atoms with Crippen molar-refractivity contribution in [3.8, 4) is 0 Å². The minimum Gasteiger partial charge on any atom is -0.444 e. The molecule has 2 amide bonds. The standard InChI is InChI=1S/C27H33F2N3O3/c1-18(20-15-21(28)17-22(29)16-20)30-24(33)27(10-9-19-7-5-6-8-23(19)27)32-13-11-31(12-14-32)25(34)35-26(2,3)4/h5-8,15-18H,9-14H2,1-4H3,(H,30,33)/t18?,27-/m0/s1. The zero-order chi connectivity index (χ0) is 25.4. The first kappa shape index (κ1) is 25.1. The number of hydrogen-bond donors (Lipinski definition) is 1. The lowest BCUT2D eigenvalue weighted by atomic mass is 9.87. The van der Waals surface area contributed by atoms with Gasteiger partial charge in [0.1, 0.15) is 22.8 Å². The van der Waals surface area contributed by atoms with Gasteiger partial charge >= 0.3 is 6.09 Å². The summed E-state index contributed by atoms with van der Waals surface area (Å²) in [5, 5.41) is 3.02. The molecule has 2 aliphatic rings. The van der Waals surface area contributed by atoms with Crippen molar-refractivity contribution in [3.05, 3.63) is 70.8 Å². The van der Waals surface area contributed by atoms with Gasteiger partial charge in [-0.3, -0.25) is 9.69 Å². The number of fused-ring (bicyclic) bond motifs is 1. The molecule has 0 aromatic heterocycles. The molecule has 2 aromatic carbocycles. The highest BCUT2D eigenvalue weighted by molar-refractivity contribution is 5.89. The Morgan fingerprint density at radius 3 is 2.29 bits per heavy atom. The molecule has 0 saturated carbocycles. The van der Waals surface area contributed by atoms with E-state index in [1.165, 1.54) is 12.1 Å². The van der Waals surface area contributed by atoms with E-state index in [1.807, 2.05) is 45.0 Å². The minimum atomic E-state index is -0.920. The molecule has 1 fully saturated rings. The molecule has 1 heterocycles. The van der Waals surface area contributed by atoms with Crippen LogP contribution in [-0.4, -0.2) is 53.6 Å². The van der Waals surface area contributed by atoms with Gasteiger partial charge in [0.2, 0.25) is 5.91 Å². The number of hydrogen-bond acceptors (Lipinski definition) is 4. The maximum absolute atomic E-state index is 13.9. The first-order valence-corrected chi connectivity index (χ1v) is 12.1. The summed E-state index contributed by atoms with van der Waals surface area (Å²) in [7, 11) is 0. The number of halogens is 2. The molecule has 35 heavy (non-hydrogen) atoms. The van der Waals surface area contributed by atoms with Crippen molar-refractivity contribution in [1.29, 1.82) is 0 Å². The first-order valence-electron chi connectivity index (χ1n) is 12.1. The van der Waals surface area contributed by atoms with Gasteiger partial charge in [-0.2, -0.15) is 0 Å². The van der Waals surface area contributed by atoms with Crippen LogP contribution in [0.3, 0.4) is 0 Å². The van der Waals surface area contributed by atoms with E-state index in [2.05, 4.69) is 10.2 Å². The van der Waals surface area contributed by atoms with Crippen LogP contribution in [0.25, 0.3) is 0 Å². The van der Waals surface area contributed by atoms with Gasteiger partial charge in [-0.25, -0.2) is 13.6 Å². The van der Waals surface area contributed by atoms with Crippen LogP contribution < -0.4 is 5.32 Å². The van der Waals surface area contributed by atoms with Crippen LogP contribution in [0.4, 0.5) is 13.6 Å². The highest BCUT2D eigenvalue weighted by Crippen LogP contribution is 2.43. The predicted molar refractivity (Wildman–Crippen MR) is 129 cm³/mol. The van der Waals surface area contributed by atoms with E-state index >= 15 is 0 Å². The van der Waals surface area contributed by atoms with Crippen molar-refractivity contribution in [3.63, 3.8) is 0 Å². The molecule has 1 aliphatic carbocycles. The summed E-state index contributed by atoms with van der Waals surface area (Å²) in [6.07, 6.45) is 0.984. The Morgan fingerprint density at radius 2 is 1.66 bits per heavy atom. The number of aryl methyl sites for hydroxylation is 1. The van der Waals surface area contributed by atoms with E-state index in [-0.39, 0.29) is 12.0 Å². The van der Waals surface area contributed by atoms with E-state index in [0.29, 0.717) is 38.2 Å². The third-order valence-electron chi connectivity index (χ3n) is 6.80. The van der Waals surface area contributed by atoms with Gasteiger partial charge in [0.15, 0.2) is 0 Å². The van der Waals surface area contributed by atoms with Crippen molar-refractivity contribution < 1.29 is 23.1 Å². The van der Waals surface area contributed by atoms with Crippen LogP contribution >= 0.6 is 0 Å². The summed E-state index contributed by atoms with van der Waals surface area (Å²) in [4.78, 5) is 30.3. The Morgan fingerprint density at radius 1 is 1.03 bits per heavy atom. The van der Waals surface area contributed by atoms with Crippen LogP contribution in [0.5, 0.6) is 0 Å². The number of rotatable bonds is 4. The summed E-state index contributed by atoms with van der Waals surface area (Å²) in [5.74, 6) is -1.56. The fourth-order valence-corrected chi connectivity index (χ4v) is 5.12. The number of ether oxygens (including phenoxy) is 1. The second-order valence-corrected chi connectivity index (χ2v) is 10.4. The molecule has 1 unspecified atom stereocenters. The third kappa shape index (κ3) is 5.17. The SMILES string of the molecule is CC(NC(=O)[C@]1(N2CCN(C(=O)OC(C)(C)C)CC2)CCc2ccccc21)c1cc(F)cc(F)c1. The Kier molecular flexibility index (Phi) is 6.86. The number of carbonyl (C=O) groups is 2. The molecule has 0 bridgehead atoms. The minimum absolute atomic E-state index is 0.203. The third-order valence-corrected chi connectivity index (χ3v) is 6.80. The summed E-state index contributed by atoms with van der Waals surface area (Å²) in [6.45, 7) is 9.12. The maximum atomic E-state index is 13.9. The molecular formula is C27H33F2N3O3. The van der Waals surface area contributed by atoms with Crippen LogP contribution in [0.2, 0.25) is 0 Å². The van der Waals surface area contributed by atoms with E-state index in [0.717, 1.165) is 23.6 Å². The van der Waals surface area contributed by atoms with E-state index in [1.54, 1.807) is 11.8 Å². The van der Waals surface area contributed by atoms with Crippen LogP contribution in [-0.2, 0) is 21.5 Å². The quantitative estimate of drug-likeness (QED) is 0.691. The Balaban J connectivity index is 1.57. The highest BCUT2D eigenvalue weighted by Gasteiger charge is 2.51. The lowest BCUT2D eigenvalue weighted by Crippen LogP contribution is -2.61. The topological polar surface area (TPSA) is 61.9 Å². The van der Waals surface area contributed by atoms with Gasteiger partial charge in [-0.05, 0) is 69.4 Å². The van der Waals surface area contributed by atoms with E-state index < -0.39 is 28.8 Å². The largest absolute Gasteiger partial charge is 0.444 e. The normalized spacial score (nSPS) is 21.4. The number of benzene rings is 2. The van der Waals surface area contributed by atoms with Crippen molar-refractivity contribution in [2.24, 2.45) is 0 Å². The van der Waals surface area contributed by atoms with Gasteiger partial charge in [-0.1, -0.05) is 24.3 Å². The molecular weight excluding hydrogens is 452 g/mol. The molecule has 6 nitrogen and oxygen atoms in total. The van der Waals surface area contributed by atoms with Crippen molar-refractivity contribution in [1.82, 2.24) is 15.1 Å². The van der Waals surface area contributed by atoms with Gasteiger partial charge in [0, 0.05) is 32.2 Å². The fourth-order valence-electron chi connectivity index (χ4n) is 5.12. The number of piperazine rings is 1. The Bertz CT molecular complexity index is 1090. The molecule has 1 N–H and O–H groups in total. The highest BCUT2D eigenvalue weighted by atomic mass is 19.1. The molecule has 4 rings (SSSR count). The number of carbonyl (C=O) groups excluding carboxylic acids is 2. The second kappa shape index (κ2) is 9.57. The average Bonchev–Trinajstić information content (AvgIpc) is 3.18. The van der Waals surface area contributed by atoms with Gasteiger partial charge in [-0.15, -0.1) is 0 Å². The molecule has 2 atom stereocenters. The molecule has 2 aromatic rings. The monoisotopic (exact) mass is 485 g/mol. The summed E-state index contributed by atoms with van der Waals surface area (Å²) in [6, 6.07) is 10.6. The van der Waals surface area contributed by atoms with Gasteiger partial charge < -0.3 is 15.0 Å². The smallest absolute Gasteiger partial charge is 0.410 e. The summed E-state index contributed by atoms with van der Waals surface area (Å²) >= 11 is 0. The zero-order valence-corrected chi connectivity index (χ0v) is 20.7. The van der Waals surface area contributed by atoms with Crippen LogP contribution in [0.1, 0.15) is 56.8 Å². The fraction of sp³-hybridized carbons (Fsp3) is 0.481. The van der Waals surface area contributed by atoms with Crippen LogP contribution in [0, 0.1) is 11.6 Å². The molecule has 0 spiro atoms. The average molecular weight is 486 g/mol. The number of amides is 2. The van der Waals surface area contributed by atoms with E-state index in [4.69, 9.17) is 4.74 Å². The number of nitrogens with zero attached hydrogens (tertiary/aromatic N) is 2. The Labute approximate surface area is 205 Å². The molecule has 188 valence electrons. The lowest BCUT2D eigenvalue weighted by molar-refractivity contribution is -0.136. The lowest BCUT2D eigenvalue weighted by Gasteiger charge is -2.45. The summed E-state index contributed by atoms with van der Waals surface area (Å²) < 4.78 is 33.1. The zero-order valence-electron chi connectivity index (χ0n) is 20.7. The van der Waals surface area contributed by atoms with Crippen molar-refractivity contribution in [2.45, 2.75) is 57.7 Å².